The summed E-state index contributed by atoms with van der Waals surface area (Å²) in [5, 5.41) is 3.00. The Balaban J connectivity index is 1.45. The smallest absolute Gasteiger partial charge is 0.322 e. The molecule has 3 aliphatic rings. The normalized spacial score (nSPS) is 27.9. The number of nitrogens with zero attached hydrogens (tertiary/aromatic N) is 2. The molecule has 0 radical (unpaired) electrons. The van der Waals surface area contributed by atoms with Crippen LogP contribution in [0.2, 0.25) is 0 Å². The van der Waals surface area contributed by atoms with Crippen LogP contribution in [0.5, 0.6) is 0 Å². The number of likely N-dealkylation sites (tertiary alicyclic amines) is 1. The van der Waals surface area contributed by atoms with E-state index in [1.54, 1.807) is 16.8 Å². The number of hydrogen-bond donors (Lipinski definition) is 2. The summed E-state index contributed by atoms with van der Waals surface area (Å²) in [7, 11) is 1.75. The van der Waals surface area contributed by atoms with Crippen molar-refractivity contribution < 1.29 is 14.5 Å². The largest absolute Gasteiger partial charge is 0.333 e. The lowest BCUT2D eigenvalue weighted by Gasteiger charge is -2.31. The Bertz CT molecular complexity index is 776. The molecule has 3 heterocycles. The molecule has 0 aromatic heterocycles. The lowest BCUT2D eigenvalue weighted by Crippen LogP contribution is -3.16. The molecule has 0 aliphatic carbocycles. The van der Waals surface area contributed by atoms with E-state index in [1.807, 2.05) is 35.2 Å². The van der Waals surface area contributed by atoms with E-state index >= 15 is 0 Å². The fourth-order valence-corrected chi connectivity index (χ4v) is 4.82. The van der Waals surface area contributed by atoms with Crippen molar-refractivity contribution in [1.29, 1.82) is 0 Å². The Labute approximate surface area is 167 Å². The van der Waals surface area contributed by atoms with Crippen LogP contribution in [-0.2, 0) is 4.79 Å². The van der Waals surface area contributed by atoms with E-state index in [4.69, 9.17) is 0 Å². The van der Waals surface area contributed by atoms with Crippen LogP contribution in [0, 0.1) is 0 Å². The molecule has 6 nitrogen and oxygen atoms in total. The first-order chi connectivity index (χ1) is 13.6. The fourth-order valence-electron chi connectivity index (χ4n) is 4.82. The van der Waals surface area contributed by atoms with Crippen LogP contribution in [0.1, 0.15) is 44.2 Å². The Hall–Kier alpha value is -2.34. The molecule has 3 amide bonds. The van der Waals surface area contributed by atoms with Crippen LogP contribution >= 0.6 is 0 Å². The standard InChI is InChI=1S/C22H30N4O2/c1-16-9-6-7-12-25(16)13-8-14-26-15-18-19(21(26)27)20(23-22(28)24(18)2)17-10-4-3-5-11-17/h3-5,10-11,16,20H,6-9,12-15H2,1-2H3,(H,23,28)/p+1/t16-,20+/m1/s1. The van der Waals surface area contributed by atoms with Gasteiger partial charge < -0.3 is 15.1 Å². The number of quaternary nitrogens is 1. The van der Waals surface area contributed by atoms with Crippen molar-refractivity contribution in [1.82, 2.24) is 15.1 Å². The molecule has 3 aliphatic heterocycles. The van der Waals surface area contributed by atoms with Crippen LogP contribution in [0.25, 0.3) is 0 Å². The van der Waals surface area contributed by atoms with Crippen LogP contribution in [-0.4, -0.2) is 61.0 Å². The molecular weight excluding hydrogens is 352 g/mol. The van der Waals surface area contributed by atoms with Gasteiger partial charge in [-0.3, -0.25) is 9.69 Å². The minimum atomic E-state index is -0.356. The first-order valence-corrected chi connectivity index (χ1v) is 10.5. The number of benzene rings is 1. The second-order valence-electron chi connectivity index (χ2n) is 8.35. The number of hydrogen-bond acceptors (Lipinski definition) is 2. The molecule has 4 rings (SSSR count). The Morgan fingerprint density at radius 2 is 1.96 bits per heavy atom. The van der Waals surface area contributed by atoms with E-state index in [9.17, 15) is 9.59 Å². The molecule has 1 fully saturated rings. The van der Waals surface area contributed by atoms with Gasteiger partial charge in [-0.25, -0.2) is 4.79 Å². The van der Waals surface area contributed by atoms with Gasteiger partial charge in [0.25, 0.3) is 5.91 Å². The van der Waals surface area contributed by atoms with Crippen molar-refractivity contribution >= 4 is 11.9 Å². The fraction of sp³-hybridized carbons (Fsp3) is 0.545. The van der Waals surface area contributed by atoms with Gasteiger partial charge in [0.15, 0.2) is 0 Å². The lowest BCUT2D eigenvalue weighted by atomic mass is 9.96. The van der Waals surface area contributed by atoms with Crippen LogP contribution < -0.4 is 10.2 Å². The van der Waals surface area contributed by atoms with Crippen molar-refractivity contribution in [3.8, 4) is 0 Å². The summed E-state index contributed by atoms with van der Waals surface area (Å²) < 4.78 is 0. The van der Waals surface area contributed by atoms with Gasteiger partial charge in [0, 0.05) is 20.0 Å². The highest BCUT2D eigenvalue weighted by Gasteiger charge is 2.42. The molecule has 28 heavy (non-hydrogen) atoms. The van der Waals surface area contributed by atoms with Gasteiger partial charge in [-0.05, 0) is 31.7 Å². The first-order valence-electron chi connectivity index (χ1n) is 10.5. The molecule has 1 aromatic carbocycles. The molecule has 1 aromatic rings. The van der Waals surface area contributed by atoms with E-state index < -0.39 is 0 Å². The van der Waals surface area contributed by atoms with Gasteiger partial charge in [-0.2, -0.15) is 0 Å². The maximum atomic E-state index is 13.2. The molecular formula is C22H31N4O2+. The third-order valence-corrected chi connectivity index (χ3v) is 6.58. The lowest BCUT2D eigenvalue weighted by molar-refractivity contribution is -0.928. The number of piperidine rings is 1. The van der Waals surface area contributed by atoms with Crippen molar-refractivity contribution in [2.24, 2.45) is 0 Å². The zero-order valence-electron chi connectivity index (χ0n) is 16.9. The predicted molar refractivity (Wildman–Crippen MR) is 108 cm³/mol. The molecule has 6 heteroatoms. The van der Waals surface area contributed by atoms with E-state index in [0.29, 0.717) is 6.54 Å². The topological polar surface area (TPSA) is 57.1 Å². The minimum Gasteiger partial charge on any atom is -0.333 e. The van der Waals surface area contributed by atoms with Crippen LogP contribution in [0.15, 0.2) is 41.6 Å². The first kappa shape index (κ1) is 19.0. The number of amides is 3. The monoisotopic (exact) mass is 383 g/mol. The average Bonchev–Trinajstić information content (AvgIpc) is 3.04. The van der Waals surface area contributed by atoms with E-state index in [2.05, 4.69) is 12.2 Å². The third kappa shape index (κ3) is 3.53. The van der Waals surface area contributed by atoms with Gasteiger partial charge >= 0.3 is 6.03 Å². The Morgan fingerprint density at radius 1 is 1.18 bits per heavy atom. The van der Waals surface area contributed by atoms with Gasteiger partial charge in [0.05, 0.1) is 43.0 Å². The van der Waals surface area contributed by atoms with Gasteiger partial charge in [0.2, 0.25) is 0 Å². The van der Waals surface area contributed by atoms with Crippen LogP contribution in [0.3, 0.4) is 0 Å². The van der Waals surface area contributed by atoms with Crippen LogP contribution in [0.4, 0.5) is 4.79 Å². The van der Waals surface area contributed by atoms with E-state index in [1.165, 1.54) is 25.8 Å². The molecule has 0 bridgehead atoms. The van der Waals surface area contributed by atoms with Gasteiger partial charge in [-0.1, -0.05) is 30.3 Å². The molecule has 3 atom stereocenters. The molecule has 1 saturated heterocycles. The number of rotatable bonds is 5. The van der Waals surface area contributed by atoms with Crippen molar-refractivity contribution in [2.45, 2.75) is 44.7 Å². The molecule has 0 saturated carbocycles. The van der Waals surface area contributed by atoms with E-state index in [-0.39, 0.29) is 18.0 Å². The summed E-state index contributed by atoms with van der Waals surface area (Å²) in [6, 6.07) is 10.0. The number of urea groups is 1. The molecule has 0 spiro atoms. The quantitative estimate of drug-likeness (QED) is 0.806. The summed E-state index contributed by atoms with van der Waals surface area (Å²) in [6.07, 6.45) is 4.98. The highest BCUT2D eigenvalue weighted by Crippen LogP contribution is 2.35. The highest BCUT2D eigenvalue weighted by molar-refractivity contribution is 6.01. The van der Waals surface area contributed by atoms with Crippen molar-refractivity contribution in [3.05, 3.63) is 47.2 Å². The Kier molecular flexibility index (Phi) is 5.40. The average molecular weight is 384 g/mol. The minimum absolute atomic E-state index is 0.0670. The second kappa shape index (κ2) is 7.95. The SMILES string of the molecule is C[C@@H]1CCCC[NH+]1CCCN1CC2=C(C1=O)[C@H](c1ccccc1)NC(=O)N2C. The molecule has 1 unspecified atom stereocenters. The summed E-state index contributed by atoms with van der Waals surface area (Å²) in [5.74, 6) is 0.0670. The summed E-state index contributed by atoms with van der Waals surface area (Å²) in [6.45, 7) is 6.00. The number of likely N-dealkylation sites (N-methyl/N-ethyl adjacent to an activating group) is 1. The number of nitrogens with one attached hydrogen (secondary N) is 2. The number of carbonyl (C=O) groups is 2. The maximum absolute atomic E-state index is 13.2. The van der Waals surface area contributed by atoms with Crippen molar-refractivity contribution in [2.75, 3.05) is 33.2 Å². The van der Waals surface area contributed by atoms with Gasteiger partial charge in [0.1, 0.15) is 0 Å². The molecule has 150 valence electrons. The second-order valence-corrected chi connectivity index (χ2v) is 8.35. The third-order valence-electron chi connectivity index (χ3n) is 6.58. The van der Waals surface area contributed by atoms with E-state index in [0.717, 1.165) is 42.4 Å². The zero-order valence-corrected chi connectivity index (χ0v) is 16.9. The zero-order chi connectivity index (χ0) is 19.7. The molecule has 2 N–H and O–H groups in total. The maximum Gasteiger partial charge on any atom is 0.322 e. The summed E-state index contributed by atoms with van der Waals surface area (Å²) >= 11 is 0. The Morgan fingerprint density at radius 3 is 2.71 bits per heavy atom. The summed E-state index contributed by atoms with van der Waals surface area (Å²) in [5.41, 5.74) is 2.53. The predicted octanol–water partition coefficient (Wildman–Crippen LogP) is 1.33. The highest BCUT2D eigenvalue weighted by atomic mass is 16.2. The number of carbonyl (C=O) groups excluding carboxylic acids is 2. The van der Waals surface area contributed by atoms with Gasteiger partial charge in [-0.15, -0.1) is 0 Å². The van der Waals surface area contributed by atoms with Crippen molar-refractivity contribution in [3.63, 3.8) is 0 Å². The summed E-state index contributed by atoms with van der Waals surface area (Å²) in [4.78, 5) is 30.8.